The maximum atomic E-state index is 14.2. The Bertz CT molecular complexity index is 1210. The van der Waals surface area contributed by atoms with E-state index in [9.17, 15) is 32.3 Å². The summed E-state index contributed by atoms with van der Waals surface area (Å²) in [5.41, 5.74) is 0.740. The van der Waals surface area contributed by atoms with Gasteiger partial charge in [-0.25, -0.2) is 4.39 Å². The van der Waals surface area contributed by atoms with E-state index in [4.69, 9.17) is 4.74 Å². The van der Waals surface area contributed by atoms with Crippen molar-refractivity contribution in [3.63, 3.8) is 0 Å². The Morgan fingerprint density at radius 3 is 2.21 bits per heavy atom. The van der Waals surface area contributed by atoms with Crippen molar-refractivity contribution in [2.24, 2.45) is 0 Å². The normalized spacial score (nSPS) is 12.8. The lowest BCUT2D eigenvalue weighted by Gasteiger charge is -2.15. The predicted molar refractivity (Wildman–Crippen MR) is 111 cm³/mol. The molecule has 3 aromatic rings. The van der Waals surface area contributed by atoms with Crippen LogP contribution in [-0.4, -0.2) is 34.0 Å². The maximum absolute atomic E-state index is 14.2. The number of carbonyl (C=O) groups is 2. The zero-order valence-corrected chi connectivity index (χ0v) is 18.2. The first-order valence-corrected chi connectivity index (χ1v) is 9.94. The smallest absolute Gasteiger partial charge is 0.505 e. The van der Waals surface area contributed by atoms with Crippen molar-refractivity contribution >= 4 is 22.8 Å². The second kappa shape index (κ2) is 8.76. The van der Waals surface area contributed by atoms with Gasteiger partial charge in [-0.2, -0.15) is 0 Å². The van der Waals surface area contributed by atoms with Gasteiger partial charge < -0.3 is 14.6 Å². The molecule has 3 rings (SSSR count). The van der Waals surface area contributed by atoms with Crippen LogP contribution in [-0.2, 0) is 9.53 Å². The second-order valence-electron chi connectivity index (χ2n) is 7.74. The SMILES string of the molecule is Cc1c(C(C)C(=O)OC(C)C)c2cc(O)c(F)cc2n1C(=O)c1ccc(OC(F)(F)F)cc1. The van der Waals surface area contributed by atoms with Crippen LogP contribution in [0.1, 0.15) is 48.3 Å². The van der Waals surface area contributed by atoms with E-state index in [-0.39, 0.29) is 16.5 Å². The predicted octanol–water partition coefficient (Wildman–Crippen LogP) is 5.44. The van der Waals surface area contributed by atoms with E-state index in [0.29, 0.717) is 11.3 Å². The lowest BCUT2D eigenvalue weighted by Crippen LogP contribution is -2.19. The van der Waals surface area contributed by atoms with Crippen LogP contribution in [0, 0.1) is 12.7 Å². The van der Waals surface area contributed by atoms with Crippen LogP contribution in [0.2, 0.25) is 0 Å². The highest BCUT2D eigenvalue weighted by Crippen LogP contribution is 2.36. The number of hydrogen-bond acceptors (Lipinski definition) is 5. The molecule has 0 bridgehead atoms. The number of aromatic nitrogens is 1. The van der Waals surface area contributed by atoms with Gasteiger partial charge in [-0.3, -0.25) is 14.2 Å². The van der Waals surface area contributed by atoms with Crippen molar-refractivity contribution in [3.8, 4) is 11.5 Å². The summed E-state index contributed by atoms with van der Waals surface area (Å²) < 4.78 is 61.6. The van der Waals surface area contributed by atoms with E-state index in [1.165, 1.54) is 0 Å². The van der Waals surface area contributed by atoms with Crippen LogP contribution < -0.4 is 4.74 Å². The van der Waals surface area contributed by atoms with Gasteiger partial charge in [0.05, 0.1) is 17.5 Å². The van der Waals surface area contributed by atoms with Crippen LogP contribution in [0.25, 0.3) is 10.9 Å². The molecule has 176 valence electrons. The number of phenolic OH excluding ortho intramolecular Hbond substituents is 1. The summed E-state index contributed by atoms with van der Waals surface area (Å²) in [6.45, 7) is 6.46. The maximum Gasteiger partial charge on any atom is 0.573 e. The third kappa shape index (κ3) is 4.94. The van der Waals surface area contributed by atoms with Gasteiger partial charge in [-0.05, 0) is 63.6 Å². The first-order valence-electron chi connectivity index (χ1n) is 9.94. The summed E-state index contributed by atoms with van der Waals surface area (Å²) in [5.74, 6) is -4.24. The minimum absolute atomic E-state index is 0.00182. The molecule has 0 amide bonds. The highest BCUT2D eigenvalue weighted by molar-refractivity contribution is 6.05. The zero-order chi connectivity index (χ0) is 24.7. The molecular weight excluding hydrogens is 446 g/mol. The highest BCUT2D eigenvalue weighted by Gasteiger charge is 2.32. The Hall–Kier alpha value is -3.56. The summed E-state index contributed by atoms with van der Waals surface area (Å²) in [6, 6.07) is 6.33. The molecule has 1 aromatic heterocycles. The van der Waals surface area contributed by atoms with Gasteiger partial charge in [0.15, 0.2) is 11.6 Å². The summed E-state index contributed by atoms with van der Waals surface area (Å²) in [5, 5.41) is 10.2. The largest absolute Gasteiger partial charge is 0.573 e. The fraction of sp³-hybridized carbons (Fsp3) is 0.304. The number of esters is 1. The lowest BCUT2D eigenvalue weighted by molar-refractivity contribution is -0.274. The average Bonchev–Trinajstić information content (AvgIpc) is 2.97. The first kappa shape index (κ1) is 24.1. The number of ether oxygens (including phenoxy) is 2. The molecule has 33 heavy (non-hydrogen) atoms. The number of halogens is 4. The molecule has 0 saturated carbocycles. The van der Waals surface area contributed by atoms with Gasteiger partial charge in [-0.1, -0.05) is 0 Å². The van der Waals surface area contributed by atoms with Crippen LogP contribution in [0.3, 0.4) is 0 Å². The van der Waals surface area contributed by atoms with E-state index in [1.807, 2.05) is 0 Å². The molecule has 0 spiro atoms. The fourth-order valence-corrected chi connectivity index (χ4v) is 3.64. The number of hydrogen-bond donors (Lipinski definition) is 1. The second-order valence-corrected chi connectivity index (χ2v) is 7.74. The molecule has 0 aliphatic carbocycles. The zero-order valence-electron chi connectivity index (χ0n) is 18.2. The minimum atomic E-state index is -4.88. The molecule has 0 aliphatic rings. The van der Waals surface area contributed by atoms with Gasteiger partial charge in [-0.15, -0.1) is 13.2 Å². The lowest BCUT2D eigenvalue weighted by atomic mass is 9.97. The summed E-state index contributed by atoms with van der Waals surface area (Å²) in [6.07, 6.45) is -5.27. The Balaban J connectivity index is 2.13. The van der Waals surface area contributed by atoms with Crippen molar-refractivity contribution < 1.29 is 41.7 Å². The van der Waals surface area contributed by atoms with E-state index in [2.05, 4.69) is 4.74 Å². The van der Waals surface area contributed by atoms with Crippen LogP contribution in [0.15, 0.2) is 36.4 Å². The van der Waals surface area contributed by atoms with Crippen molar-refractivity contribution in [1.82, 2.24) is 4.57 Å². The number of benzene rings is 2. The number of phenols is 1. The molecule has 1 heterocycles. The van der Waals surface area contributed by atoms with Crippen LogP contribution in [0.5, 0.6) is 11.5 Å². The first-order chi connectivity index (χ1) is 15.3. The Kier molecular flexibility index (Phi) is 6.40. The van der Waals surface area contributed by atoms with Gasteiger partial charge >= 0.3 is 12.3 Å². The molecule has 10 heteroatoms. The number of carbonyl (C=O) groups excluding carboxylic acids is 2. The topological polar surface area (TPSA) is 77.8 Å². The van der Waals surface area contributed by atoms with Crippen LogP contribution in [0.4, 0.5) is 17.6 Å². The number of nitrogens with zero attached hydrogens (tertiary/aromatic N) is 1. The third-order valence-corrected chi connectivity index (χ3v) is 5.00. The van der Waals surface area contributed by atoms with Crippen molar-refractivity contribution in [2.75, 3.05) is 0 Å². The number of fused-ring (bicyclic) bond motifs is 1. The average molecular weight is 467 g/mol. The Labute approximate surface area is 186 Å². The summed E-state index contributed by atoms with van der Waals surface area (Å²) >= 11 is 0. The minimum Gasteiger partial charge on any atom is -0.505 e. The molecule has 6 nitrogen and oxygen atoms in total. The molecule has 0 fully saturated rings. The van der Waals surface area contributed by atoms with Crippen LogP contribution >= 0.6 is 0 Å². The Morgan fingerprint density at radius 1 is 1.06 bits per heavy atom. The van der Waals surface area contributed by atoms with Crippen molar-refractivity contribution in [3.05, 3.63) is 59.0 Å². The molecular formula is C23H21F4NO5. The van der Waals surface area contributed by atoms with Gasteiger partial charge in [0, 0.05) is 22.7 Å². The monoisotopic (exact) mass is 467 g/mol. The van der Waals surface area contributed by atoms with E-state index < -0.39 is 47.6 Å². The highest BCUT2D eigenvalue weighted by atomic mass is 19.4. The van der Waals surface area contributed by atoms with E-state index in [0.717, 1.165) is 41.0 Å². The Morgan fingerprint density at radius 2 is 1.67 bits per heavy atom. The molecule has 2 aromatic carbocycles. The summed E-state index contributed by atoms with van der Waals surface area (Å²) in [7, 11) is 0. The van der Waals surface area contributed by atoms with E-state index in [1.54, 1.807) is 27.7 Å². The van der Waals surface area contributed by atoms with E-state index >= 15 is 0 Å². The number of alkyl halides is 3. The van der Waals surface area contributed by atoms with Gasteiger partial charge in [0.2, 0.25) is 0 Å². The van der Waals surface area contributed by atoms with Gasteiger partial charge in [0.1, 0.15) is 5.75 Å². The third-order valence-electron chi connectivity index (χ3n) is 5.00. The molecule has 0 aliphatic heterocycles. The number of aromatic hydroxyl groups is 1. The van der Waals surface area contributed by atoms with Gasteiger partial charge in [0.25, 0.3) is 5.91 Å². The molecule has 1 unspecified atom stereocenters. The molecule has 0 radical (unpaired) electrons. The summed E-state index contributed by atoms with van der Waals surface area (Å²) in [4.78, 5) is 25.8. The van der Waals surface area contributed by atoms with Crippen molar-refractivity contribution in [1.29, 1.82) is 0 Å². The molecule has 1 atom stereocenters. The molecule has 0 saturated heterocycles. The quantitative estimate of drug-likeness (QED) is 0.400. The number of rotatable bonds is 5. The standard InChI is InChI=1S/C23H21F4NO5/c1-11(2)32-22(31)12(3)20-13(4)28(18-10-17(24)19(29)9-16(18)20)21(30)14-5-7-15(8-6-14)33-23(25,26)27/h5-12,29H,1-4H3. The van der Waals surface area contributed by atoms with Crippen molar-refractivity contribution in [2.45, 2.75) is 46.1 Å². The fourth-order valence-electron chi connectivity index (χ4n) is 3.64. The molecule has 1 N–H and O–H groups in total.